The topological polar surface area (TPSA) is 59.2 Å². The summed E-state index contributed by atoms with van der Waals surface area (Å²) in [6, 6.07) is 8.20. The van der Waals surface area contributed by atoms with E-state index in [2.05, 4.69) is 29.2 Å². The molecule has 0 aliphatic rings. The maximum atomic E-state index is 9.23. The summed E-state index contributed by atoms with van der Waals surface area (Å²) in [5.74, 6) is 1.83. The summed E-state index contributed by atoms with van der Waals surface area (Å²) < 4.78 is 5.06. The van der Waals surface area contributed by atoms with Crippen LogP contribution < -0.4 is 0 Å². The molecule has 1 N–H and O–H groups in total. The number of aromatic nitrogens is 2. The monoisotopic (exact) mass is 264 g/mol. The summed E-state index contributed by atoms with van der Waals surface area (Å²) >= 11 is 1.68. The van der Waals surface area contributed by atoms with Crippen molar-refractivity contribution in [3.05, 3.63) is 41.5 Å². The van der Waals surface area contributed by atoms with Gasteiger partial charge in [0.15, 0.2) is 5.82 Å². The van der Waals surface area contributed by atoms with Crippen molar-refractivity contribution < 1.29 is 9.63 Å². The van der Waals surface area contributed by atoms with Gasteiger partial charge in [0.25, 0.3) is 0 Å². The SMILES string of the molecule is Cc1ccccc1SCc1noc(CC(C)O)n1. The minimum Gasteiger partial charge on any atom is -0.393 e. The lowest BCUT2D eigenvalue weighted by Gasteiger charge is -2.02. The van der Waals surface area contributed by atoms with Gasteiger partial charge in [-0.25, -0.2) is 0 Å². The number of aliphatic hydroxyl groups is 1. The molecule has 18 heavy (non-hydrogen) atoms. The van der Waals surface area contributed by atoms with Crippen molar-refractivity contribution in [2.24, 2.45) is 0 Å². The van der Waals surface area contributed by atoms with Crippen molar-refractivity contribution in [2.75, 3.05) is 0 Å². The lowest BCUT2D eigenvalue weighted by molar-refractivity contribution is 0.181. The van der Waals surface area contributed by atoms with Crippen LogP contribution in [0.5, 0.6) is 0 Å². The largest absolute Gasteiger partial charge is 0.393 e. The van der Waals surface area contributed by atoms with E-state index in [-0.39, 0.29) is 0 Å². The lowest BCUT2D eigenvalue weighted by Crippen LogP contribution is -2.04. The highest BCUT2D eigenvalue weighted by Gasteiger charge is 2.09. The first-order valence-corrected chi connectivity index (χ1v) is 6.81. The van der Waals surface area contributed by atoms with E-state index in [1.165, 1.54) is 10.5 Å². The van der Waals surface area contributed by atoms with Gasteiger partial charge in [0.1, 0.15) is 0 Å². The molecule has 0 bridgehead atoms. The predicted molar refractivity (Wildman–Crippen MR) is 70.4 cm³/mol. The highest BCUT2D eigenvalue weighted by Crippen LogP contribution is 2.24. The van der Waals surface area contributed by atoms with Gasteiger partial charge in [-0.1, -0.05) is 23.4 Å². The Labute approximate surface area is 110 Å². The van der Waals surface area contributed by atoms with Crippen molar-refractivity contribution in [1.82, 2.24) is 10.1 Å². The quantitative estimate of drug-likeness (QED) is 0.841. The Kier molecular flexibility index (Phi) is 4.38. The van der Waals surface area contributed by atoms with E-state index in [1.54, 1.807) is 18.7 Å². The smallest absolute Gasteiger partial charge is 0.229 e. The average molecular weight is 264 g/mol. The summed E-state index contributed by atoms with van der Waals surface area (Å²) in [5, 5.41) is 13.1. The molecule has 0 saturated carbocycles. The van der Waals surface area contributed by atoms with Gasteiger partial charge in [-0.3, -0.25) is 0 Å². The van der Waals surface area contributed by atoms with E-state index < -0.39 is 6.10 Å². The summed E-state index contributed by atoms with van der Waals surface area (Å²) in [6.45, 7) is 3.78. The zero-order valence-electron chi connectivity index (χ0n) is 10.5. The van der Waals surface area contributed by atoms with Gasteiger partial charge in [0, 0.05) is 4.90 Å². The molecule has 5 heteroatoms. The third-order valence-electron chi connectivity index (χ3n) is 2.43. The second-order valence-corrected chi connectivity index (χ2v) is 5.23. The number of aliphatic hydroxyl groups excluding tert-OH is 1. The van der Waals surface area contributed by atoms with Crippen LogP contribution in [-0.4, -0.2) is 21.4 Å². The molecule has 1 unspecified atom stereocenters. The predicted octanol–water partition coefficient (Wildman–Crippen LogP) is 2.59. The zero-order chi connectivity index (χ0) is 13.0. The molecule has 96 valence electrons. The molecule has 2 aromatic rings. The fourth-order valence-electron chi connectivity index (χ4n) is 1.55. The van der Waals surface area contributed by atoms with Gasteiger partial charge in [-0.2, -0.15) is 4.98 Å². The van der Waals surface area contributed by atoms with E-state index in [0.29, 0.717) is 23.9 Å². The van der Waals surface area contributed by atoms with Gasteiger partial charge >= 0.3 is 0 Å². The second-order valence-electron chi connectivity index (χ2n) is 4.21. The van der Waals surface area contributed by atoms with E-state index in [9.17, 15) is 5.11 Å². The van der Waals surface area contributed by atoms with Gasteiger partial charge in [-0.15, -0.1) is 11.8 Å². The van der Waals surface area contributed by atoms with Crippen LogP contribution >= 0.6 is 11.8 Å². The molecule has 2 rings (SSSR count). The summed E-state index contributed by atoms with van der Waals surface area (Å²) in [5.41, 5.74) is 1.25. The van der Waals surface area contributed by atoms with Crippen LogP contribution in [0.2, 0.25) is 0 Å². The Hall–Kier alpha value is -1.33. The van der Waals surface area contributed by atoms with Crippen molar-refractivity contribution in [3.8, 4) is 0 Å². The molecule has 0 spiro atoms. The summed E-state index contributed by atoms with van der Waals surface area (Å²) in [6.07, 6.45) is -0.0514. The highest BCUT2D eigenvalue weighted by atomic mass is 32.2. The number of hydrogen-bond acceptors (Lipinski definition) is 5. The first kappa shape index (κ1) is 13.1. The molecule has 1 aromatic heterocycles. The number of nitrogens with zero attached hydrogens (tertiary/aromatic N) is 2. The van der Waals surface area contributed by atoms with Gasteiger partial charge in [0.05, 0.1) is 18.3 Å². The Balaban J connectivity index is 1.94. The number of hydrogen-bond donors (Lipinski definition) is 1. The van der Waals surface area contributed by atoms with Gasteiger partial charge in [0.2, 0.25) is 5.89 Å². The summed E-state index contributed by atoms with van der Waals surface area (Å²) in [7, 11) is 0. The van der Waals surface area contributed by atoms with E-state index in [1.807, 2.05) is 12.1 Å². The van der Waals surface area contributed by atoms with Crippen LogP contribution in [0.4, 0.5) is 0 Å². The van der Waals surface area contributed by atoms with E-state index in [4.69, 9.17) is 4.52 Å². The fraction of sp³-hybridized carbons (Fsp3) is 0.385. The van der Waals surface area contributed by atoms with Crippen molar-refractivity contribution in [1.29, 1.82) is 0 Å². The molecule has 0 radical (unpaired) electrons. The number of thioether (sulfide) groups is 1. The third-order valence-corrected chi connectivity index (χ3v) is 3.60. The molecular formula is C13H16N2O2S. The van der Waals surface area contributed by atoms with Crippen LogP contribution in [0.1, 0.15) is 24.2 Å². The van der Waals surface area contributed by atoms with Crippen LogP contribution in [-0.2, 0) is 12.2 Å². The minimum atomic E-state index is -0.456. The Bertz CT molecular complexity index is 511. The van der Waals surface area contributed by atoms with Crippen molar-refractivity contribution >= 4 is 11.8 Å². The first-order chi connectivity index (χ1) is 8.65. The molecule has 0 fully saturated rings. The lowest BCUT2D eigenvalue weighted by atomic mass is 10.2. The third kappa shape index (κ3) is 3.58. The van der Waals surface area contributed by atoms with Crippen LogP contribution in [0.3, 0.4) is 0 Å². The molecular weight excluding hydrogens is 248 g/mol. The van der Waals surface area contributed by atoms with E-state index in [0.717, 1.165) is 0 Å². The molecule has 1 heterocycles. The molecule has 0 aliphatic carbocycles. The number of benzene rings is 1. The normalized spacial score (nSPS) is 12.6. The maximum absolute atomic E-state index is 9.23. The highest BCUT2D eigenvalue weighted by molar-refractivity contribution is 7.98. The molecule has 4 nitrogen and oxygen atoms in total. The minimum absolute atomic E-state index is 0.405. The fourth-order valence-corrected chi connectivity index (χ4v) is 2.42. The van der Waals surface area contributed by atoms with Gasteiger partial charge in [-0.05, 0) is 25.5 Å². The van der Waals surface area contributed by atoms with Crippen LogP contribution in [0.25, 0.3) is 0 Å². The second kappa shape index (κ2) is 6.02. The number of rotatable bonds is 5. The Morgan fingerprint density at radius 3 is 2.89 bits per heavy atom. The Morgan fingerprint density at radius 1 is 1.39 bits per heavy atom. The van der Waals surface area contributed by atoms with Crippen LogP contribution in [0.15, 0.2) is 33.7 Å². The molecule has 1 atom stereocenters. The summed E-state index contributed by atoms with van der Waals surface area (Å²) in [4.78, 5) is 5.46. The van der Waals surface area contributed by atoms with Crippen LogP contribution in [0, 0.1) is 6.92 Å². The average Bonchev–Trinajstić information content (AvgIpc) is 2.75. The molecule has 0 amide bonds. The zero-order valence-corrected chi connectivity index (χ0v) is 11.3. The van der Waals surface area contributed by atoms with Gasteiger partial charge < -0.3 is 9.63 Å². The van der Waals surface area contributed by atoms with E-state index >= 15 is 0 Å². The Morgan fingerprint density at radius 2 is 2.17 bits per heavy atom. The first-order valence-electron chi connectivity index (χ1n) is 5.83. The molecule has 0 saturated heterocycles. The maximum Gasteiger partial charge on any atom is 0.229 e. The molecule has 1 aromatic carbocycles. The number of aryl methyl sites for hydroxylation is 1. The standard InChI is InChI=1S/C13H16N2O2S/c1-9-5-3-4-6-11(9)18-8-12-14-13(17-15-12)7-10(2)16/h3-6,10,16H,7-8H2,1-2H3. The van der Waals surface area contributed by atoms with Crippen molar-refractivity contribution in [2.45, 2.75) is 37.0 Å². The molecule has 0 aliphatic heterocycles. The van der Waals surface area contributed by atoms with Crippen molar-refractivity contribution in [3.63, 3.8) is 0 Å².